The number of hydrogen-bond donors (Lipinski definition) is 1. The van der Waals surface area contributed by atoms with Crippen LogP contribution in [0.15, 0.2) is 12.1 Å². The zero-order chi connectivity index (χ0) is 14.5. The predicted octanol–water partition coefficient (Wildman–Crippen LogP) is 3.63. The lowest BCUT2D eigenvalue weighted by atomic mass is 9.80. The molecular weight excluding hydrogens is 316 g/mol. The number of aryl methyl sites for hydroxylation is 2. The van der Waals surface area contributed by atoms with Crippen LogP contribution >= 0.6 is 15.9 Å². The Morgan fingerprint density at radius 3 is 2.65 bits per heavy atom. The van der Waals surface area contributed by atoms with Crippen LogP contribution in [-0.4, -0.2) is 22.8 Å². The van der Waals surface area contributed by atoms with E-state index in [-0.39, 0.29) is 5.91 Å². The van der Waals surface area contributed by atoms with E-state index in [1.54, 1.807) is 0 Å². The quantitative estimate of drug-likeness (QED) is 0.851. The number of carbonyl (C=O) groups excluding carboxylic acids is 1. The normalized spacial score (nSPS) is 22.6. The van der Waals surface area contributed by atoms with Gasteiger partial charge in [0.1, 0.15) is 0 Å². The van der Waals surface area contributed by atoms with Crippen molar-refractivity contribution in [1.82, 2.24) is 10.3 Å². The predicted molar refractivity (Wildman–Crippen MR) is 85.3 cm³/mol. The van der Waals surface area contributed by atoms with Gasteiger partial charge in [0.2, 0.25) is 0 Å². The van der Waals surface area contributed by atoms with Gasteiger partial charge in [-0.15, -0.1) is 0 Å². The Hall–Kier alpha value is -0.900. The maximum atomic E-state index is 12.3. The van der Waals surface area contributed by atoms with Crippen LogP contribution < -0.4 is 5.32 Å². The van der Waals surface area contributed by atoms with Crippen LogP contribution in [0.25, 0.3) is 0 Å². The first kappa shape index (κ1) is 15.5. The minimum atomic E-state index is 0.00824. The molecule has 3 nitrogen and oxygen atoms in total. The number of aromatic nitrogens is 1. The number of amides is 1. The molecule has 0 saturated heterocycles. The lowest BCUT2D eigenvalue weighted by Gasteiger charge is -2.30. The second-order valence-corrected chi connectivity index (χ2v) is 6.40. The molecule has 1 aromatic rings. The van der Waals surface area contributed by atoms with Gasteiger partial charge in [0.05, 0.1) is 11.3 Å². The molecule has 1 heterocycles. The molecule has 1 aliphatic carbocycles. The van der Waals surface area contributed by atoms with E-state index in [0.29, 0.717) is 17.4 Å². The Morgan fingerprint density at radius 2 is 2.00 bits per heavy atom. The molecule has 20 heavy (non-hydrogen) atoms. The molecule has 1 fully saturated rings. The number of nitrogens with zero attached hydrogens (tertiary/aromatic N) is 1. The summed E-state index contributed by atoms with van der Waals surface area (Å²) in [6.45, 7) is 4.61. The van der Waals surface area contributed by atoms with Crippen molar-refractivity contribution in [2.24, 2.45) is 11.8 Å². The van der Waals surface area contributed by atoms with E-state index in [9.17, 15) is 4.79 Å². The Bertz CT molecular complexity index is 476. The molecule has 0 spiro atoms. The van der Waals surface area contributed by atoms with E-state index in [2.05, 4.69) is 26.2 Å². The van der Waals surface area contributed by atoms with E-state index in [1.807, 2.05) is 26.0 Å². The van der Waals surface area contributed by atoms with Gasteiger partial charge in [0.25, 0.3) is 5.91 Å². The van der Waals surface area contributed by atoms with Gasteiger partial charge in [-0.25, -0.2) is 0 Å². The van der Waals surface area contributed by atoms with Crippen molar-refractivity contribution in [3.8, 4) is 0 Å². The molecule has 0 aromatic carbocycles. The molecule has 1 amide bonds. The summed E-state index contributed by atoms with van der Waals surface area (Å²) in [4.78, 5) is 16.6. The number of carbonyl (C=O) groups is 1. The maximum absolute atomic E-state index is 12.3. The van der Waals surface area contributed by atoms with Crippen LogP contribution in [0.2, 0.25) is 0 Å². The van der Waals surface area contributed by atoms with Gasteiger partial charge < -0.3 is 5.32 Å². The highest BCUT2D eigenvalue weighted by Crippen LogP contribution is 2.30. The molecule has 2 unspecified atom stereocenters. The fourth-order valence-electron chi connectivity index (χ4n) is 3.00. The topological polar surface area (TPSA) is 42.0 Å². The molecule has 1 saturated carbocycles. The number of halogens is 1. The summed E-state index contributed by atoms with van der Waals surface area (Å²) in [5.74, 6) is 1.31. The third-order valence-corrected chi connectivity index (χ3v) is 5.09. The highest BCUT2D eigenvalue weighted by Gasteiger charge is 2.24. The third-order valence-electron chi connectivity index (χ3n) is 4.26. The molecule has 4 heteroatoms. The number of nitrogens with one attached hydrogen (secondary N) is 1. The Morgan fingerprint density at radius 1 is 1.30 bits per heavy atom. The van der Waals surface area contributed by atoms with Crippen molar-refractivity contribution in [2.45, 2.75) is 39.5 Å². The van der Waals surface area contributed by atoms with Crippen LogP contribution in [0.1, 0.15) is 47.4 Å². The highest BCUT2D eigenvalue weighted by atomic mass is 79.9. The van der Waals surface area contributed by atoms with E-state index >= 15 is 0 Å². The van der Waals surface area contributed by atoms with Gasteiger partial charge in [-0.3, -0.25) is 9.78 Å². The Balaban J connectivity index is 1.94. The van der Waals surface area contributed by atoms with Crippen molar-refractivity contribution in [2.75, 3.05) is 11.9 Å². The minimum absolute atomic E-state index is 0.00824. The molecule has 110 valence electrons. The van der Waals surface area contributed by atoms with Crippen molar-refractivity contribution in [3.05, 3.63) is 29.1 Å². The third kappa shape index (κ3) is 3.81. The summed E-state index contributed by atoms with van der Waals surface area (Å²) >= 11 is 3.60. The van der Waals surface area contributed by atoms with E-state index in [4.69, 9.17) is 0 Å². The maximum Gasteiger partial charge on any atom is 0.253 e. The molecule has 1 aliphatic rings. The van der Waals surface area contributed by atoms with Crippen LogP contribution in [0.4, 0.5) is 0 Å². The molecule has 0 radical (unpaired) electrons. The lowest BCUT2D eigenvalue weighted by Crippen LogP contribution is -2.35. The first-order chi connectivity index (χ1) is 9.61. The van der Waals surface area contributed by atoms with Gasteiger partial charge >= 0.3 is 0 Å². The number of alkyl halides is 1. The number of rotatable bonds is 4. The van der Waals surface area contributed by atoms with Crippen LogP contribution in [0.5, 0.6) is 0 Å². The lowest BCUT2D eigenvalue weighted by molar-refractivity contribution is 0.0936. The summed E-state index contributed by atoms with van der Waals surface area (Å²) in [7, 11) is 0. The van der Waals surface area contributed by atoms with E-state index in [1.165, 1.54) is 25.7 Å². The van der Waals surface area contributed by atoms with E-state index in [0.717, 1.165) is 23.3 Å². The fraction of sp³-hybridized carbons (Fsp3) is 0.625. The Kier molecular flexibility index (Phi) is 5.58. The van der Waals surface area contributed by atoms with Crippen LogP contribution in [-0.2, 0) is 0 Å². The molecular formula is C16H23BrN2O. The highest BCUT2D eigenvalue weighted by molar-refractivity contribution is 9.09. The monoisotopic (exact) mass is 338 g/mol. The van der Waals surface area contributed by atoms with Gasteiger partial charge in [-0.2, -0.15) is 0 Å². The first-order valence-electron chi connectivity index (χ1n) is 7.40. The van der Waals surface area contributed by atoms with Crippen molar-refractivity contribution < 1.29 is 4.79 Å². The number of pyridine rings is 1. The summed E-state index contributed by atoms with van der Waals surface area (Å²) in [5.41, 5.74) is 2.45. The van der Waals surface area contributed by atoms with Crippen LogP contribution in [0, 0.1) is 25.7 Å². The molecule has 2 atom stereocenters. The zero-order valence-corrected chi connectivity index (χ0v) is 13.9. The molecule has 1 aromatic heterocycles. The molecule has 2 rings (SSSR count). The van der Waals surface area contributed by atoms with Gasteiger partial charge in [-0.05, 0) is 50.7 Å². The summed E-state index contributed by atoms with van der Waals surface area (Å²) in [5, 5.41) is 4.13. The molecule has 1 N–H and O–H groups in total. The van der Waals surface area contributed by atoms with Crippen molar-refractivity contribution in [1.29, 1.82) is 0 Å². The van der Waals surface area contributed by atoms with Gasteiger partial charge in [-0.1, -0.05) is 28.8 Å². The average Bonchev–Trinajstić information content (AvgIpc) is 2.45. The second-order valence-electron chi connectivity index (χ2n) is 5.75. The molecule has 0 aliphatic heterocycles. The fourth-order valence-corrected chi connectivity index (χ4v) is 3.85. The van der Waals surface area contributed by atoms with E-state index < -0.39 is 0 Å². The van der Waals surface area contributed by atoms with Crippen LogP contribution in [0.3, 0.4) is 0 Å². The minimum Gasteiger partial charge on any atom is -0.352 e. The largest absolute Gasteiger partial charge is 0.352 e. The zero-order valence-electron chi connectivity index (χ0n) is 12.3. The average molecular weight is 339 g/mol. The van der Waals surface area contributed by atoms with Crippen molar-refractivity contribution in [3.63, 3.8) is 0 Å². The van der Waals surface area contributed by atoms with Crippen molar-refractivity contribution >= 4 is 21.8 Å². The summed E-state index contributed by atoms with van der Waals surface area (Å²) < 4.78 is 0. The smallest absolute Gasteiger partial charge is 0.253 e. The summed E-state index contributed by atoms with van der Waals surface area (Å²) in [6.07, 6.45) is 5.11. The van der Waals surface area contributed by atoms with Gasteiger partial charge in [0, 0.05) is 17.6 Å². The first-order valence-corrected chi connectivity index (χ1v) is 8.52. The second kappa shape index (κ2) is 7.21. The summed E-state index contributed by atoms with van der Waals surface area (Å²) in [6, 6.07) is 3.76. The Labute approximate surface area is 129 Å². The SMILES string of the molecule is Cc1ccc(C(=O)NCC2CCCCC2CBr)c(C)n1. The number of hydrogen-bond acceptors (Lipinski definition) is 2. The standard InChI is InChI=1S/C16H23BrN2O/c1-11-7-8-15(12(2)19-11)16(20)18-10-14-6-4-3-5-13(14)9-17/h7-8,13-14H,3-6,9-10H2,1-2H3,(H,18,20). The van der Waals surface area contributed by atoms with Gasteiger partial charge in [0.15, 0.2) is 0 Å². The molecule has 0 bridgehead atoms.